The molecule has 2 atom stereocenters. The van der Waals surface area contributed by atoms with Crippen LogP contribution in [-0.4, -0.2) is 28.9 Å². The Labute approximate surface area is 136 Å². The van der Waals surface area contributed by atoms with Crippen molar-refractivity contribution in [2.75, 3.05) is 5.75 Å². The molecule has 22 heavy (non-hydrogen) atoms. The summed E-state index contributed by atoms with van der Waals surface area (Å²) in [5, 5.41) is 12.7. The topological polar surface area (TPSA) is 49.3 Å². The number of aliphatic hydroxyl groups is 1. The third-order valence-corrected chi connectivity index (χ3v) is 5.95. The molecule has 0 unspecified atom stereocenters. The van der Waals surface area contributed by atoms with Crippen molar-refractivity contribution in [3.63, 3.8) is 0 Å². The zero-order chi connectivity index (χ0) is 15.4. The Morgan fingerprint density at radius 3 is 2.64 bits per heavy atom. The maximum atomic E-state index is 12.2. The van der Waals surface area contributed by atoms with Crippen molar-refractivity contribution in [1.29, 1.82) is 0 Å². The number of thioether (sulfide) groups is 1. The van der Waals surface area contributed by atoms with Gasteiger partial charge in [0.15, 0.2) is 0 Å². The summed E-state index contributed by atoms with van der Waals surface area (Å²) in [6.07, 6.45) is 4.39. The monoisotopic (exact) mass is 319 g/mol. The molecule has 3 rings (SSSR count). The molecule has 0 bridgehead atoms. The lowest BCUT2D eigenvalue weighted by atomic mass is 9.93. The van der Waals surface area contributed by atoms with Gasteiger partial charge in [0.05, 0.1) is 6.10 Å². The molecular formula is C18H25NO2S. The lowest BCUT2D eigenvalue weighted by molar-refractivity contribution is -0.123. The van der Waals surface area contributed by atoms with Gasteiger partial charge in [-0.1, -0.05) is 30.3 Å². The van der Waals surface area contributed by atoms with Crippen molar-refractivity contribution in [3.05, 3.63) is 35.9 Å². The van der Waals surface area contributed by atoms with E-state index in [0.29, 0.717) is 5.92 Å². The number of carbonyl (C=O) groups is 1. The number of hydrogen-bond donors (Lipinski definition) is 2. The van der Waals surface area contributed by atoms with Gasteiger partial charge in [0.2, 0.25) is 5.91 Å². The number of hydrogen-bond acceptors (Lipinski definition) is 3. The minimum atomic E-state index is -0.156. The molecule has 2 fully saturated rings. The van der Waals surface area contributed by atoms with E-state index in [4.69, 9.17) is 0 Å². The van der Waals surface area contributed by atoms with Crippen LogP contribution in [0, 0.1) is 11.8 Å². The van der Waals surface area contributed by atoms with Crippen molar-refractivity contribution in [3.8, 4) is 0 Å². The molecule has 2 aliphatic carbocycles. The van der Waals surface area contributed by atoms with Gasteiger partial charge < -0.3 is 10.4 Å². The van der Waals surface area contributed by atoms with Crippen LogP contribution >= 0.6 is 11.8 Å². The second-order valence-electron chi connectivity index (χ2n) is 6.62. The molecular weight excluding hydrogens is 294 g/mol. The molecule has 2 N–H and O–H groups in total. The molecule has 1 aromatic carbocycles. The van der Waals surface area contributed by atoms with Crippen LogP contribution in [0.4, 0.5) is 0 Å². The van der Waals surface area contributed by atoms with Gasteiger partial charge in [-0.2, -0.15) is 11.8 Å². The zero-order valence-corrected chi connectivity index (χ0v) is 13.7. The van der Waals surface area contributed by atoms with Crippen LogP contribution in [-0.2, 0) is 10.5 Å². The van der Waals surface area contributed by atoms with Gasteiger partial charge in [-0.15, -0.1) is 0 Å². The standard InChI is InChI=1S/C18H25NO2S/c20-16-8-6-15(7-9-16)19-18(21)17-10-14(17)12-22-11-13-4-2-1-3-5-13/h1-5,14-17,20H,6-12H2,(H,19,21)/t14-,15?,16?,17+/m1/s1. The Kier molecular flexibility index (Phi) is 5.42. The Hall–Kier alpha value is -1.00. The fourth-order valence-corrected chi connectivity index (χ4v) is 4.40. The minimum Gasteiger partial charge on any atom is -0.393 e. The molecule has 0 radical (unpaired) electrons. The van der Waals surface area contributed by atoms with E-state index < -0.39 is 0 Å². The summed E-state index contributed by atoms with van der Waals surface area (Å²) in [4.78, 5) is 12.2. The summed E-state index contributed by atoms with van der Waals surface area (Å²) in [7, 11) is 0. The van der Waals surface area contributed by atoms with Crippen LogP contribution in [0.3, 0.4) is 0 Å². The van der Waals surface area contributed by atoms with E-state index in [1.807, 2.05) is 17.8 Å². The molecule has 3 nitrogen and oxygen atoms in total. The van der Waals surface area contributed by atoms with Gasteiger partial charge >= 0.3 is 0 Å². The quantitative estimate of drug-likeness (QED) is 0.847. The first-order chi connectivity index (χ1) is 10.7. The van der Waals surface area contributed by atoms with E-state index in [-0.39, 0.29) is 24.0 Å². The second kappa shape index (κ2) is 7.51. The van der Waals surface area contributed by atoms with Gasteiger partial charge in [0.1, 0.15) is 0 Å². The van der Waals surface area contributed by atoms with Crippen LogP contribution in [0.2, 0.25) is 0 Å². The molecule has 0 aliphatic heterocycles. The Morgan fingerprint density at radius 2 is 1.91 bits per heavy atom. The zero-order valence-electron chi connectivity index (χ0n) is 12.9. The molecule has 4 heteroatoms. The normalized spacial score (nSPS) is 30.8. The van der Waals surface area contributed by atoms with Crippen LogP contribution in [0.15, 0.2) is 30.3 Å². The summed E-state index contributed by atoms with van der Waals surface area (Å²) in [5.74, 6) is 3.15. The van der Waals surface area contributed by atoms with Crippen LogP contribution in [0.25, 0.3) is 0 Å². The largest absolute Gasteiger partial charge is 0.393 e. The highest BCUT2D eigenvalue weighted by atomic mass is 32.2. The third-order valence-electron chi connectivity index (χ3n) is 4.75. The first kappa shape index (κ1) is 15.9. The summed E-state index contributed by atoms with van der Waals surface area (Å²) in [6, 6.07) is 10.8. The Morgan fingerprint density at radius 1 is 1.18 bits per heavy atom. The highest BCUT2D eigenvalue weighted by Crippen LogP contribution is 2.41. The second-order valence-corrected chi connectivity index (χ2v) is 7.65. The molecule has 120 valence electrons. The third kappa shape index (κ3) is 4.50. The Bertz CT molecular complexity index is 485. The van der Waals surface area contributed by atoms with Crippen molar-refractivity contribution in [2.45, 2.75) is 50.0 Å². The van der Waals surface area contributed by atoms with Gasteiger partial charge in [-0.25, -0.2) is 0 Å². The van der Waals surface area contributed by atoms with E-state index in [9.17, 15) is 9.90 Å². The SMILES string of the molecule is O=C(NC1CCC(O)CC1)[C@H]1C[C@@H]1CSCc1ccccc1. The number of carbonyl (C=O) groups excluding carboxylic acids is 1. The van der Waals surface area contributed by atoms with E-state index in [1.54, 1.807) is 0 Å². The molecule has 2 saturated carbocycles. The maximum absolute atomic E-state index is 12.2. The van der Waals surface area contributed by atoms with E-state index >= 15 is 0 Å². The summed E-state index contributed by atoms with van der Waals surface area (Å²) < 4.78 is 0. The first-order valence-electron chi connectivity index (χ1n) is 8.32. The van der Waals surface area contributed by atoms with Gasteiger partial charge in [0, 0.05) is 17.7 Å². The van der Waals surface area contributed by atoms with Crippen molar-refractivity contribution < 1.29 is 9.90 Å². The number of benzene rings is 1. The molecule has 0 spiro atoms. The Balaban J connectivity index is 1.32. The fourth-order valence-electron chi connectivity index (χ4n) is 3.18. The highest BCUT2D eigenvalue weighted by Gasteiger charge is 2.43. The van der Waals surface area contributed by atoms with Crippen LogP contribution in [0.5, 0.6) is 0 Å². The summed E-state index contributed by atoms with van der Waals surface area (Å²) in [6.45, 7) is 0. The molecule has 1 aromatic rings. The summed E-state index contributed by atoms with van der Waals surface area (Å²) in [5.41, 5.74) is 1.36. The van der Waals surface area contributed by atoms with E-state index in [2.05, 4.69) is 29.6 Å². The molecule has 0 saturated heterocycles. The fraction of sp³-hybridized carbons (Fsp3) is 0.611. The number of rotatable bonds is 6. The summed E-state index contributed by atoms with van der Waals surface area (Å²) >= 11 is 1.93. The lowest BCUT2D eigenvalue weighted by Gasteiger charge is -2.26. The molecule has 0 aromatic heterocycles. The van der Waals surface area contributed by atoms with E-state index in [1.165, 1.54) is 5.56 Å². The number of nitrogens with one attached hydrogen (secondary N) is 1. The maximum Gasteiger partial charge on any atom is 0.223 e. The smallest absolute Gasteiger partial charge is 0.223 e. The highest BCUT2D eigenvalue weighted by molar-refractivity contribution is 7.98. The minimum absolute atomic E-state index is 0.156. The van der Waals surface area contributed by atoms with Gasteiger partial charge in [-0.3, -0.25) is 4.79 Å². The molecule has 2 aliphatic rings. The van der Waals surface area contributed by atoms with Crippen LogP contribution < -0.4 is 5.32 Å². The predicted octanol–water partition coefficient (Wildman–Crippen LogP) is 2.98. The van der Waals surface area contributed by atoms with Crippen molar-refractivity contribution >= 4 is 17.7 Å². The lowest BCUT2D eigenvalue weighted by Crippen LogP contribution is -2.39. The van der Waals surface area contributed by atoms with Crippen LogP contribution in [0.1, 0.15) is 37.7 Å². The van der Waals surface area contributed by atoms with Crippen molar-refractivity contribution in [2.24, 2.45) is 11.8 Å². The average molecular weight is 319 g/mol. The number of aliphatic hydroxyl groups excluding tert-OH is 1. The van der Waals surface area contributed by atoms with Gasteiger partial charge in [0.25, 0.3) is 0 Å². The van der Waals surface area contributed by atoms with Gasteiger partial charge in [-0.05, 0) is 49.3 Å². The molecule has 1 amide bonds. The average Bonchev–Trinajstić information content (AvgIpc) is 3.30. The molecule has 0 heterocycles. The first-order valence-corrected chi connectivity index (χ1v) is 9.48. The predicted molar refractivity (Wildman–Crippen MR) is 90.6 cm³/mol. The van der Waals surface area contributed by atoms with E-state index in [0.717, 1.165) is 43.6 Å². The number of amides is 1. The van der Waals surface area contributed by atoms with Crippen molar-refractivity contribution in [1.82, 2.24) is 5.32 Å².